The Kier molecular flexibility index (Phi) is 10.9. The van der Waals surface area contributed by atoms with E-state index >= 15 is 0 Å². The molecule has 0 rings (SSSR count). The highest BCUT2D eigenvalue weighted by atomic mass is 35.5. The van der Waals surface area contributed by atoms with Crippen LogP contribution in [0.5, 0.6) is 0 Å². The van der Waals surface area contributed by atoms with Gasteiger partial charge in [-0.1, -0.05) is 45.4 Å². The summed E-state index contributed by atoms with van der Waals surface area (Å²) in [4.78, 5) is 1.40. The van der Waals surface area contributed by atoms with Crippen LogP contribution in [-0.2, 0) is 0 Å². The van der Waals surface area contributed by atoms with Gasteiger partial charge in [0.05, 0.1) is 6.54 Å². The molecule has 0 N–H and O–H groups in total. The lowest BCUT2D eigenvalue weighted by atomic mass is 10.1. The van der Waals surface area contributed by atoms with Crippen molar-refractivity contribution in [2.24, 2.45) is 0 Å². The molecular weight excluding hydrogens is 263 g/mol. The molecule has 0 fully saturated rings. The topological polar surface area (TPSA) is 3.24 Å². The first kappa shape index (κ1) is 18.0. The van der Waals surface area contributed by atoms with Crippen LogP contribution in [0.2, 0.25) is 0 Å². The number of hydrogen-bond acceptors (Lipinski definition) is 1. The van der Waals surface area contributed by atoms with Crippen LogP contribution < -0.4 is 0 Å². The van der Waals surface area contributed by atoms with Gasteiger partial charge in [0.1, 0.15) is 0 Å². The summed E-state index contributed by atoms with van der Waals surface area (Å²) >= 11 is 5.51. The number of hydrogen-bond donors (Lipinski definition) is 0. The molecular formula is C13H25ClF3N. The van der Waals surface area contributed by atoms with E-state index in [1.54, 1.807) is 0 Å². The van der Waals surface area contributed by atoms with Gasteiger partial charge in [-0.3, -0.25) is 4.90 Å². The fraction of sp³-hybridized carbons (Fsp3) is 1.00. The predicted molar refractivity (Wildman–Crippen MR) is 71.2 cm³/mol. The zero-order valence-corrected chi connectivity index (χ0v) is 12.0. The Labute approximate surface area is 114 Å². The van der Waals surface area contributed by atoms with Crippen molar-refractivity contribution in [1.82, 2.24) is 4.90 Å². The molecule has 0 saturated carbocycles. The molecule has 0 aliphatic heterocycles. The van der Waals surface area contributed by atoms with Gasteiger partial charge in [-0.25, -0.2) is 0 Å². The van der Waals surface area contributed by atoms with E-state index in [9.17, 15) is 13.2 Å². The maximum absolute atomic E-state index is 12.3. The molecule has 0 atom stereocenters. The molecule has 0 aliphatic carbocycles. The molecule has 1 nitrogen and oxygen atoms in total. The second-order valence-electron chi connectivity index (χ2n) is 4.70. The van der Waals surface area contributed by atoms with E-state index in [0.717, 1.165) is 19.3 Å². The van der Waals surface area contributed by atoms with Crippen LogP contribution in [0.25, 0.3) is 0 Å². The molecule has 0 aromatic carbocycles. The maximum Gasteiger partial charge on any atom is 0.401 e. The average molecular weight is 288 g/mol. The number of unbranched alkanes of at least 4 members (excludes halogenated alkanes) is 6. The van der Waals surface area contributed by atoms with Crippen LogP contribution in [0, 0.1) is 0 Å². The van der Waals surface area contributed by atoms with E-state index in [0.29, 0.717) is 13.1 Å². The van der Waals surface area contributed by atoms with Crippen molar-refractivity contribution in [3.8, 4) is 0 Å². The van der Waals surface area contributed by atoms with E-state index in [1.165, 1.54) is 30.6 Å². The van der Waals surface area contributed by atoms with Crippen LogP contribution in [0.4, 0.5) is 13.2 Å². The van der Waals surface area contributed by atoms with Crippen molar-refractivity contribution in [2.45, 2.75) is 58.0 Å². The fourth-order valence-electron chi connectivity index (χ4n) is 1.94. The highest BCUT2D eigenvalue weighted by molar-refractivity contribution is 6.18. The molecule has 0 aromatic rings. The van der Waals surface area contributed by atoms with Crippen LogP contribution in [0.15, 0.2) is 0 Å². The van der Waals surface area contributed by atoms with Crippen LogP contribution in [0.1, 0.15) is 51.9 Å². The van der Waals surface area contributed by atoms with Gasteiger partial charge in [0.15, 0.2) is 0 Å². The van der Waals surface area contributed by atoms with Gasteiger partial charge >= 0.3 is 6.18 Å². The van der Waals surface area contributed by atoms with Crippen molar-refractivity contribution in [1.29, 1.82) is 0 Å². The zero-order chi connectivity index (χ0) is 13.9. The summed E-state index contributed by atoms with van der Waals surface area (Å²) in [5.74, 6) is 0.257. The molecule has 0 unspecified atom stereocenters. The second kappa shape index (κ2) is 10.9. The molecule has 0 heterocycles. The minimum absolute atomic E-state index is 0.257. The van der Waals surface area contributed by atoms with Crippen molar-refractivity contribution >= 4 is 11.6 Å². The molecule has 110 valence electrons. The van der Waals surface area contributed by atoms with E-state index in [1.807, 2.05) is 0 Å². The van der Waals surface area contributed by atoms with Gasteiger partial charge in [0.25, 0.3) is 0 Å². The van der Waals surface area contributed by atoms with E-state index in [-0.39, 0.29) is 5.88 Å². The number of alkyl halides is 4. The molecule has 0 radical (unpaired) electrons. The lowest BCUT2D eigenvalue weighted by Crippen LogP contribution is -2.36. The highest BCUT2D eigenvalue weighted by Crippen LogP contribution is 2.17. The Morgan fingerprint density at radius 3 is 1.94 bits per heavy atom. The Morgan fingerprint density at radius 1 is 0.889 bits per heavy atom. The van der Waals surface area contributed by atoms with Crippen LogP contribution in [0.3, 0.4) is 0 Å². The number of nitrogens with zero attached hydrogens (tertiary/aromatic N) is 1. The summed E-state index contributed by atoms with van der Waals surface area (Å²) in [6.07, 6.45) is 3.77. The highest BCUT2D eigenvalue weighted by Gasteiger charge is 2.30. The molecule has 0 amide bonds. The zero-order valence-electron chi connectivity index (χ0n) is 11.2. The summed E-state index contributed by atoms with van der Waals surface area (Å²) in [6, 6.07) is 0. The number of halogens is 4. The van der Waals surface area contributed by atoms with E-state index in [4.69, 9.17) is 11.6 Å². The quantitative estimate of drug-likeness (QED) is 0.388. The first-order valence-electron chi connectivity index (χ1n) is 6.84. The molecule has 0 aromatic heterocycles. The largest absolute Gasteiger partial charge is 0.401 e. The summed E-state index contributed by atoms with van der Waals surface area (Å²) in [6.45, 7) is 2.15. The van der Waals surface area contributed by atoms with Gasteiger partial charge in [-0.15, -0.1) is 11.6 Å². The first-order chi connectivity index (χ1) is 8.49. The summed E-state index contributed by atoms with van der Waals surface area (Å²) in [7, 11) is 0. The molecule has 0 aliphatic rings. The summed E-state index contributed by atoms with van der Waals surface area (Å²) < 4.78 is 36.8. The Morgan fingerprint density at radius 2 is 1.44 bits per heavy atom. The summed E-state index contributed by atoms with van der Waals surface area (Å²) in [5, 5.41) is 0. The van der Waals surface area contributed by atoms with Crippen molar-refractivity contribution in [2.75, 3.05) is 25.5 Å². The second-order valence-corrected chi connectivity index (χ2v) is 5.08. The molecule has 5 heteroatoms. The predicted octanol–water partition coefficient (Wildman–Crippen LogP) is 4.84. The minimum Gasteiger partial charge on any atom is -0.294 e. The first-order valence-corrected chi connectivity index (χ1v) is 7.38. The molecule has 0 spiro atoms. The normalized spacial score (nSPS) is 12.3. The Hall–Kier alpha value is 0.0400. The maximum atomic E-state index is 12.3. The lowest BCUT2D eigenvalue weighted by Gasteiger charge is -2.22. The monoisotopic (exact) mass is 287 g/mol. The minimum atomic E-state index is -4.12. The lowest BCUT2D eigenvalue weighted by molar-refractivity contribution is -0.145. The van der Waals surface area contributed by atoms with Gasteiger partial charge < -0.3 is 0 Å². The van der Waals surface area contributed by atoms with E-state index in [2.05, 4.69) is 6.92 Å². The Bertz CT molecular complexity index is 186. The molecule has 0 bridgehead atoms. The van der Waals surface area contributed by atoms with E-state index < -0.39 is 12.7 Å². The standard InChI is InChI=1S/C13H25ClF3N/c1-2-3-4-5-6-7-8-10-18(11-9-14)12-13(15,16)17/h2-12H2,1H3. The van der Waals surface area contributed by atoms with Gasteiger partial charge in [0.2, 0.25) is 0 Å². The average Bonchev–Trinajstić information content (AvgIpc) is 2.26. The van der Waals surface area contributed by atoms with Crippen molar-refractivity contribution in [3.05, 3.63) is 0 Å². The number of rotatable bonds is 11. The molecule has 18 heavy (non-hydrogen) atoms. The third-order valence-corrected chi connectivity index (χ3v) is 3.05. The SMILES string of the molecule is CCCCCCCCCN(CCCl)CC(F)(F)F. The van der Waals surface area contributed by atoms with Crippen LogP contribution >= 0.6 is 11.6 Å². The summed E-state index contributed by atoms with van der Waals surface area (Å²) in [5.41, 5.74) is 0. The molecule has 0 saturated heterocycles. The van der Waals surface area contributed by atoms with Crippen LogP contribution in [-0.4, -0.2) is 36.6 Å². The third-order valence-electron chi connectivity index (χ3n) is 2.88. The third kappa shape index (κ3) is 12.5. The Balaban J connectivity index is 3.58. The van der Waals surface area contributed by atoms with Gasteiger partial charge in [-0.2, -0.15) is 13.2 Å². The van der Waals surface area contributed by atoms with Crippen molar-refractivity contribution < 1.29 is 13.2 Å². The van der Waals surface area contributed by atoms with Gasteiger partial charge in [0, 0.05) is 12.4 Å². The fourth-order valence-corrected chi connectivity index (χ4v) is 2.17. The van der Waals surface area contributed by atoms with Gasteiger partial charge in [-0.05, 0) is 13.0 Å². The smallest absolute Gasteiger partial charge is 0.294 e. The van der Waals surface area contributed by atoms with Crippen molar-refractivity contribution in [3.63, 3.8) is 0 Å².